The number of nitrogens with one attached hydrogen (secondary N) is 1. The van der Waals surface area contributed by atoms with E-state index in [1.54, 1.807) is 0 Å². The van der Waals surface area contributed by atoms with E-state index in [0.29, 0.717) is 30.7 Å². The molecule has 2 heterocycles. The maximum absolute atomic E-state index is 12.6. The fourth-order valence-corrected chi connectivity index (χ4v) is 4.05. The summed E-state index contributed by atoms with van der Waals surface area (Å²) < 4.78 is 0. The van der Waals surface area contributed by atoms with E-state index in [1.165, 1.54) is 24.0 Å². The van der Waals surface area contributed by atoms with Crippen LogP contribution >= 0.6 is 24.0 Å². The summed E-state index contributed by atoms with van der Waals surface area (Å²) in [6.07, 6.45) is 3.96. The molecule has 1 unspecified atom stereocenters. The molecule has 0 bridgehead atoms. The van der Waals surface area contributed by atoms with Crippen LogP contribution in [0.2, 0.25) is 5.02 Å². The van der Waals surface area contributed by atoms with Gasteiger partial charge in [0.25, 0.3) is 0 Å². The van der Waals surface area contributed by atoms with Crippen LogP contribution in [0.5, 0.6) is 0 Å². The lowest BCUT2D eigenvalue weighted by molar-refractivity contribution is -0.133. The Morgan fingerprint density at radius 1 is 1.39 bits per heavy atom. The highest BCUT2D eigenvalue weighted by molar-refractivity contribution is 6.31. The fraction of sp³-hybridized carbons (Fsp3) is 0.611. The molecule has 5 heteroatoms. The van der Waals surface area contributed by atoms with Crippen molar-refractivity contribution < 1.29 is 4.79 Å². The summed E-state index contributed by atoms with van der Waals surface area (Å²) in [5.74, 6) is 1.48. The van der Waals surface area contributed by atoms with Crippen LogP contribution in [-0.4, -0.2) is 30.4 Å². The molecule has 0 radical (unpaired) electrons. The van der Waals surface area contributed by atoms with Crippen LogP contribution in [0.4, 0.5) is 0 Å². The smallest absolute Gasteiger partial charge is 0.223 e. The second-order valence-electron chi connectivity index (χ2n) is 6.71. The number of nitrogens with zero attached hydrogens (tertiary/aromatic N) is 1. The van der Waals surface area contributed by atoms with Gasteiger partial charge in [-0.05, 0) is 61.4 Å². The Kier molecular flexibility index (Phi) is 6.75. The second kappa shape index (κ2) is 8.36. The van der Waals surface area contributed by atoms with Crippen molar-refractivity contribution in [3.05, 3.63) is 34.3 Å². The van der Waals surface area contributed by atoms with Crippen LogP contribution in [0.15, 0.2) is 18.2 Å². The number of fused-ring (bicyclic) bond motifs is 1. The first-order valence-electron chi connectivity index (χ1n) is 8.40. The molecule has 1 atom stereocenters. The van der Waals surface area contributed by atoms with Crippen molar-refractivity contribution in [1.29, 1.82) is 0 Å². The van der Waals surface area contributed by atoms with Crippen LogP contribution in [-0.2, 0) is 17.8 Å². The number of amides is 1. The molecule has 1 amide bonds. The molecule has 0 saturated carbocycles. The predicted octanol–water partition coefficient (Wildman–Crippen LogP) is 3.67. The molecule has 2 aliphatic rings. The highest BCUT2D eigenvalue weighted by atomic mass is 35.5. The number of carbonyl (C=O) groups is 1. The van der Waals surface area contributed by atoms with Crippen LogP contribution in [0, 0.1) is 11.8 Å². The van der Waals surface area contributed by atoms with E-state index in [0.717, 1.165) is 31.1 Å². The maximum Gasteiger partial charge on any atom is 0.223 e. The Morgan fingerprint density at radius 3 is 2.87 bits per heavy atom. The maximum atomic E-state index is 12.6. The molecule has 3 nitrogen and oxygen atoms in total. The average molecular weight is 357 g/mol. The van der Waals surface area contributed by atoms with Gasteiger partial charge in [0, 0.05) is 24.5 Å². The van der Waals surface area contributed by atoms with Crippen molar-refractivity contribution in [2.75, 3.05) is 19.6 Å². The summed E-state index contributed by atoms with van der Waals surface area (Å²) >= 11 is 6.25. The van der Waals surface area contributed by atoms with Gasteiger partial charge in [0.15, 0.2) is 0 Å². The first-order valence-corrected chi connectivity index (χ1v) is 8.77. The first kappa shape index (κ1) is 18.6. The van der Waals surface area contributed by atoms with Gasteiger partial charge in [-0.15, -0.1) is 12.4 Å². The zero-order valence-corrected chi connectivity index (χ0v) is 15.3. The summed E-state index contributed by atoms with van der Waals surface area (Å²) in [5.41, 5.74) is 2.43. The monoisotopic (exact) mass is 356 g/mol. The van der Waals surface area contributed by atoms with Crippen LogP contribution < -0.4 is 5.32 Å². The standard InChI is InChI=1S/C18H25ClN2O.ClH/c1-13(14-5-8-20-9-6-14)11-18(22)21-10-7-16-15(12-21)3-2-4-17(16)19;/h2-4,13-14,20H,5-12H2,1H3;1H. The Labute approximate surface area is 150 Å². The minimum absolute atomic E-state index is 0. The van der Waals surface area contributed by atoms with Gasteiger partial charge >= 0.3 is 0 Å². The van der Waals surface area contributed by atoms with Gasteiger partial charge in [-0.1, -0.05) is 30.7 Å². The number of halogens is 2. The van der Waals surface area contributed by atoms with E-state index in [-0.39, 0.29) is 12.4 Å². The third-order valence-corrected chi connectivity index (χ3v) is 5.60. The van der Waals surface area contributed by atoms with Gasteiger partial charge in [-0.2, -0.15) is 0 Å². The number of hydrogen-bond acceptors (Lipinski definition) is 2. The van der Waals surface area contributed by atoms with E-state index >= 15 is 0 Å². The van der Waals surface area contributed by atoms with Gasteiger partial charge in [-0.3, -0.25) is 4.79 Å². The molecular formula is C18H26Cl2N2O. The number of benzene rings is 1. The average Bonchev–Trinajstić information content (AvgIpc) is 2.55. The SMILES string of the molecule is CC(CC(=O)N1CCc2c(Cl)cccc2C1)C1CCNCC1.Cl. The van der Waals surface area contributed by atoms with Gasteiger partial charge in [0.1, 0.15) is 0 Å². The predicted molar refractivity (Wildman–Crippen MR) is 97.2 cm³/mol. The summed E-state index contributed by atoms with van der Waals surface area (Å²) in [4.78, 5) is 14.6. The van der Waals surface area contributed by atoms with Crippen molar-refractivity contribution in [2.45, 2.75) is 39.2 Å². The number of rotatable bonds is 3. The molecule has 2 aliphatic heterocycles. The highest BCUT2D eigenvalue weighted by Crippen LogP contribution is 2.28. The number of carbonyl (C=O) groups excluding carboxylic acids is 1. The van der Waals surface area contributed by atoms with Crippen LogP contribution in [0.3, 0.4) is 0 Å². The normalized spacial score (nSPS) is 19.7. The molecule has 128 valence electrons. The Morgan fingerprint density at radius 2 is 2.13 bits per heavy atom. The fourth-order valence-electron chi connectivity index (χ4n) is 3.76. The van der Waals surface area contributed by atoms with Crippen molar-refractivity contribution in [2.24, 2.45) is 11.8 Å². The Bertz CT molecular complexity index is 544. The summed E-state index contributed by atoms with van der Waals surface area (Å²) in [6, 6.07) is 6.01. The second-order valence-corrected chi connectivity index (χ2v) is 7.12. The minimum atomic E-state index is 0. The summed E-state index contributed by atoms with van der Waals surface area (Å²) in [6.45, 7) is 5.95. The van der Waals surface area contributed by atoms with Gasteiger partial charge in [0.05, 0.1) is 0 Å². The minimum Gasteiger partial charge on any atom is -0.338 e. The van der Waals surface area contributed by atoms with Crippen molar-refractivity contribution in [1.82, 2.24) is 10.2 Å². The summed E-state index contributed by atoms with van der Waals surface area (Å²) in [7, 11) is 0. The van der Waals surface area contributed by atoms with Gasteiger partial charge in [-0.25, -0.2) is 0 Å². The molecule has 23 heavy (non-hydrogen) atoms. The molecule has 1 aromatic rings. The molecular weight excluding hydrogens is 331 g/mol. The van der Waals surface area contributed by atoms with Crippen LogP contribution in [0.1, 0.15) is 37.3 Å². The van der Waals surface area contributed by atoms with E-state index < -0.39 is 0 Å². The van der Waals surface area contributed by atoms with E-state index in [4.69, 9.17) is 11.6 Å². The molecule has 0 spiro atoms. The van der Waals surface area contributed by atoms with Crippen molar-refractivity contribution >= 4 is 29.9 Å². The van der Waals surface area contributed by atoms with E-state index in [9.17, 15) is 4.79 Å². The lowest BCUT2D eigenvalue weighted by atomic mass is 9.83. The lowest BCUT2D eigenvalue weighted by Crippen LogP contribution is -2.38. The first-order chi connectivity index (χ1) is 10.6. The third-order valence-electron chi connectivity index (χ3n) is 5.25. The van der Waals surface area contributed by atoms with Crippen molar-refractivity contribution in [3.8, 4) is 0 Å². The highest BCUT2D eigenvalue weighted by Gasteiger charge is 2.26. The van der Waals surface area contributed by atoms with E-state index in [2.05, 4.69) is 18.3 Å². The topological polar surface area (TPSA) is 32.3 Å². The molecule has 0 aliphatic carbocycles. The zero-order valence-electron chi connectivity index (χ0n) is 13.7. The van der Waals surface area contributed by atoms with Crippen LogP contribution in [0.25, 0.3) is 0 Å². The largest absolute Gasteiger partial charge is 0.338 e. The third kappa shape index (κ3) is 4.40. The Balaban J connectivity index is 0.00000192. The lowest BCUT2D eigenvalue weighted by Gasteiger charge is -2.32. The molecule has 0 aromatic heterocycles. The summed E-state index contributed by atoms with van der Waals surface area (Å²) in [5, 5.41) is 4.24. The van der Waals surface area contributed by atoms with Crippen molar-refractivity contribution in [3.63, 3.8) is 0 Å². The number of hydrogen-bond donors (Lipinski definition) is 1. The molecule has 1 saturated heterocycles. The molecule has 3 rings (SSSR count). The molecule has 1 fully saturated rings. The zero-order chi connectivity index (χ0) is 15.5. The van der Waals surface area contributed by atoms with Gasteiger partial charge in [0.2, 0.25) is 5.91 Å². The molecule has 1 N–H and O–H groups in total. The van der Waals surface area contributed by atoms with E-state index in [1.807, 2.05) is 17.0 Å². The Hall–Kier alpha value is -0.770. The number of piperidine rings is 1. The molecule has 1 aromatic carbocycles. The quantitative estimate of drug-likeness (QED) is 0.895. The van der Waals surface area contributed by atoms with Gasteiger partial charge < -0.3 is 10.2 Å².